The summed E-state index contributed by atoms with van der Waals surface area (Å²) >= 11 is 0. The highest BCUT2D eigenvalue weighted by Crippen LogP contribution is 2.19. The molecule has 2 N–H and O–H groups in total. The van der Waals surface area contributed by atoms with Gasteiger partial charge in [-0.15, -0.1) is 0 Å². The molecular weight excluding hydrogens is 406 g/mol. The lowest BCUT2D eigenvalue weighted by Gasteiger charge is -2.24. The van der Waals surface area contributed by atoms with E-state index in [2.05, 4.69) is 15.8 Å². The van der Waals surface area contributed by atoms with Gasteiger partial charge in [-0.05, 0) is 36.7 Å². The summed E-state index contributed by atoms with van der Waals surface area (Å²) in [6, 6.07) is 8.85. The molecule has 0 saturated heterocycles. The van der Waals surface area contributed by atoms with Crippen LogP contribution in [0.1, 0.15) is 59.4 Å². The third-order valence-corrected chi connectivity index (χ3v) is 5.02. The van der Waals surface area contributed by atoms with Crippen LogP contribution in [0.5, 0.6) is 0 Å². The van der Waals surface area contributed by atoms with Crippen LogP contribution in [0.25, 0.3) is 0 Å². The number of hydrogen-bond acceptors (Lipinski definition) is 5. The van der Waals surface area contributed by atoms with Crippen molar-refractivity contribution in [2.45, 2.75) is 72.4 Å². The molecule has 1 aromatic carbocycles. The van der Waals surface area contributed by atoms with Gasteiger partial charge in [-0.2, -0.15) is 0 Å². The minimum atomic E-state index is -0.579. The summed E-state index contributed by atoms with van der Waals surface area (Å²) in [5.41, 5.74) is 1.06. The lowest BCUT2D eigenvalue weighted by Crippen LogP contribution is -2.45. The van der Waals surface area contributed by atoms with E-state index in [1.165, 1.54) is 14.0 Å². The zero-order valence-corrected chi connectivity index (χ0v) is 20.3. The fourth-order valence-corrected chi connectivity index (χ4v) is 3.67. The summed E-state index contributed by atoms with van der Waals surface area (Å²) in [7, 11) is 1.45. The molecule has 0 aliphatic rings. The van der Waals surface area contributed by atoms with E-state index >= 15 is 0 Å². The average molecular weight is 446 g/mol. The molecule has 0 fully saturated rings. The highest BCUT2D eigenvalue weighted by atomic mass is 16.6. The van der Waals surface area contributed by atoms with E-state index in [9.17, 15) is 14.4 Å². The van der Waals surface area contributed by atoms with Gasteiger partial charge < -0.3 is 15.5 Å². The number of carbonyl (C=O) groups is 3. The molecule has 1 unspecified atom stereocenters. The van der Waals surface area contributed by atoms with E-state index in [4.69, 9.17) is 4.84 Å². The van der Waals surface area contributed by atoms with Crippen LogP contribution >= 0.6 is 0 Å². The van der Waals surface area contributed by atoms with E-state index in [0.29, 0.717) is 19.3 Å². The number of carbonyl (C=O) groups excluding carboxylic acids is 3. The van der Waals surface area contributed by atoms with Crippen LogP contribution in [0, 0.1) is 17.8 Å². The van der Waals surface area contributed by atoms with Crippen LogP contribution in [0.4, 0.5) is 0 Å². The highest BCUT2D eigenvalue weighted by molar-refractivity contribution is 5.92. The topological polar surface area (TPSA) is 96.9 Å². The third kappa shape index (κ3) is 11.1. The fourth-order valence-electron chi connectivity index (χ4n) is 3.67. The Kier molecular flexibility index (Phi) is 12.3. The molecule has 0 bridgehead atoms. The first kappa shape index (κ1) is 27.3. The number of rotatable bonds is 14. The maximum absolute atomic E-state index is 13.2. The average Bonchev–Trinajstić information content (AvgIpc) is 2.70. The summed E-state index contributed by atoms with van der Waals surface area (Å²) in [6.45, 7) is 9.46. The summed E-state index contributed by atoms with van der Waals surface area (Å²) in [4.78, 5) is 42.6. The van der Waals surface area contributed by atoms with Gasteiger partial charge in [0, 0.05) is 19.3 Å². The number of ketones is 1. The molecule has 0 aromatic heterocycles. The van der Waals surface area contributed by atoms with Crippen LogP contribution in [0.3, 0.4) is 0 Å². The van der Waals surface area contributed by atoms with E-state index in [1.54, 1.807) is 6.21 Å². The molecule has 0 spiro atoms. The van der Waals surface area contributed by atoms with Crippen molar-refractivity contribution in [3.63, 3.8) is 0 Å². The number of nitrogens with zero attached hydrogens (tertiary/aromatic N) is 1. The quantitative estimate of drug-likeness (QED) is 0.338. The molecule has 0 heterocycles. The van der Waals surface area contributed by atoms with Crippen molar-refractivity contribution >= 4 is 23.8 Å². The lowest BCUT2D eigenvalue weighted by molar-refractivity contribution is -0.132. The van der Waals surface area contributed by atoms with Gasteiger partial charge in [0.25, 0.3) is 0 Å². The normalized spacial score (nSPS) is 14.2. The predicted octanol–water partition coefficient (Wildman–Crippen LogP) is 3.52. The summed E-state index contributed by atoms with van der Waals surface area (Å²) in [6.07, 6.45) is 3.33. The highest BCUT2D eigenvalue weighted by Gasteiger charge is 2.29. The second-order valence-electron chi connectivity index (χ2n) is 9.12. The number of benzene rings is 1. The summed E-state index contributed by atoms with van der Waals surface area (Å²) < 4.78 is 0. The number of amides is 2. The molecule has 0 radical (unpaired) electrons. The Bertz CT molecular complexity index is 747. The van der Waals surface area contributed by atoms with Gasteiger partial charge in [-0.25, -0.2) is 0 Å². The first-order valence-corrected chi connectivity index (χ1v) is 11.3. The second-order valence-corrected chi connectivity index (χ2v) is 9.12. The Morgan fingerprint density at radius 3 is 2.16 bits per heavy atom. The molecule has 178 valence electrons. The largest absolute Gasteiger partial charge is 0.399 e. The van der Waals surface area contributed by atoms with Gasteiger partial charge >= 0.3 is 0 Å². The first-order chi connectivity index (χ1) is 15.1. The van der Waals surface area contributed by atoms with Gasteiger partial charge in [0.2, 0.25) is 11.8 Å². The minimum absolute atomic E-state index is 0.0845. The van der Waals surface area contributed by atoms with Crippen molar-refractivity contribution in [1.82, 2.24) is 10.6 Å². The Hall–Kier alpha value is -2.70. The van der Waals surface area contributed by atoms with Crippen molar-refractivity contribution in [3.05, 3.63) is 35.9 Å². The smallest absolute Gasteiger partial charge is 0.224 e. The Balaban J connectivity index is 2.96. The van der Waals surface area contributed by atoms with Gasteiger partial charge in [-0.1, -0.05) is 63.2 Å². The molecule has 0 saturated carbocycles. The molecule has 1 aromatic rings. The van der Waals surface area contributed by atoms with Crippen LogP contribution in [-0.4, -0.2) is 43.0 Å². The number of hydrogen-bond donors (Lipinski definition) is 2. The fraction of sp³-hybridized carbons (Fsp3) is 0.600. The van der Waals surface area contributed by atoms with Crippen LogP contribution in [-0.2, 0) is 25.6 Å². The monoisotopic (exact) mass is 445 g/mol. The van der Waals surface area contributed by atoms with Crippen molar-refractivity contribution in [2.24, 2.45) is 22.9 Å². The maximum atomic E-state index is 13.2. The number of nitrogens with one attached hydrogen (secondary N) is 2. The van der Waals surface area contributed by atoms with Gasteiger partial charge in [0.1, 0.15) is 7.11 Å². The summed E-state index contributed by atoms with van der Waals surface area (Å²) in [5.74, 6) is -0.550. The van der Waals surface area contributed by atoms with E-state index < -0.39 is 12.0 Å². The van der Waals surface area contributed by atoms with Gasteiger partial charge in [0.15, 0.2) is 5.78 Å². The van der Waals surface area contributed by atoms with E-state index in [1.807, 2.05) is 58.0 Å². The zero-order chi connectivity index (χ0) is 24.1. The van der Waals surface area contributed by atoms with Crippen molar-refractivity contribution < 1.29 is 19.2 Å². The molecule has 1 rings (SSSR count). The van der Waals surface area contributed by atoms with Crippen molar-refractivity contribution in [1.29, 1.82) is 0 Å². The lowest BCUT2D eigenvalue weighted by atomic mass is 9.87. The van der Waals surface area contributed by atoms with E-state index in [0.717, 1.165) is 5.56 Å². The first-order valence-electron chi connectivity index (χ1n) is 11.3. The molecule has 7 heteroatoms. The molecule has 2 amide bonds. The maximum Gasteiger partial charge on any atom is 0.224 e. The van der Waals surface area contributed by atoms with E-state index in [-0.39, 0.29) is 41.9 Å². The third-order valence-electron chi connectivity index (χ3n) is 5.02. The van der Waals surface area contributed by atoms with Gasteiger partial charge in [-0.3, -0.25) is 14.4 Å². The zero-order valence-electron chi connectivity index (χ0n) is 20.3. The molecular formula is C25H39N3O4. The summed E-state index contributed by atoms with van der Waals surface area (Å²) in [5, 5.41) is 9.62. The Labute approximate surface area is 192 Å². The SMILES string of the molecule is CO/N=C/C(Cc1ccccc1)NC(=O)[C@@H](CC(=O)[C@H](CC(C)C)NC(C)=O)CC(C)C. The molecule has 0 aliphatic heterocycles. The number of oxime groups is 1. The predicted molar refractivity (Wildman–Crippen MR) is 127 cm³/mol. The second kappa shape index (κ2) is 14.4. The van der Waals surface area contributed by atoms with Crippen molar-refractivity contribution in [2.75, 3.05) is 7.11 Å². The molecule has 3 atom stereocenters. The van der Waals surface area contributed by atoms with Crippen molar-refractivity contribution in [3.8, 4) is 0 Å². The standard InChI is InChI=1S/C25H39N3O4/c1-17(2)12-21(15-24(30)23(13-18(3)4)27-19(5)29)25(31)28-22(16-26-32-6)14-20-10-8-7-9-11-20/h7-11,16-18,21-23H,12-15H2,1-6H3,(H,27,29)(H,28,31)/b26-16+/t21-,22?,23+/m1/s1. The number of Topliss-reactive ketones (excluding diaryl/α,β-unsaturated/α-hetero) is 1. The molecule has 7 nitrogen and oxygen atoms in total. The van der Waals surface area contributed by atoms with Crippen LogP contribution in [0.2, 0.25) is 0 Å². The van der Waals surface area contributed by atoms with Crippen LogP contribution < -0.4 is 10.6 Å². The Morgan fingerprint density at radius 2 is 1.62 bits per heavy atom. The van der Waals surface area contributed by atoms with Crippen LogP contribution in [0.15, 0.2) is 35.5 Å². The molecule has 0 aliphatic carbocycles. The molecule has 32 heavy (non-hydrogen) atoms. The Morgan fingerprint density at radius 1 is 1.00 bits per heavy atom. The minimum Gasteiger partial charge on any atom is -0.399 e. The van der Waals surface area contributed by atoms with Gasteiger partial charge in [0.05, 0.1) is 18.3 Å².